The van der Waals surface area contributed by atoms with E-state index in [1.165, 1.54) is 16.6 Å². The van der Waals surface area contributed by atoms with Crippen molar-refractivity contribution in [1.29, 1.82) is 5.26 Å². The van der Waals surface area contributed by atoms with Gasteiger partial charge in [0.15, 0.2) is 10.8 Å². The van der Waals surface area contributed by atoms with Crippen molar-refractivity contribution in [2.75, 3.05) is 11.1 Å². The van der Waals surface area contributed by atoms with Crippen molar-refractivity contribution in [1.82, 2.24) is 14.6 Å². The highest BCUT2D eigenvalue weighted by atomic mass is 32.2. The van der Waals surface area contributed by atoms with Gasteiger partial charge in [0.1, 0.15) is 11.1 Å². The van der Waals surface area contributed by atoms with E-state index in [1.54, 1.807) is 11.3 Å². The third kappa shape index (κ3) is 3.20. The molecule has 1 aliphatic rings. The molecule has 0 fully saturated rings. The standard InChI is InChI=1S/C18H17N5OS2/c1-11-5-6-12-13(9-19)17(26-14(12)8-11)20-16(24)10-25-18-22-21-15-4-2-3-7-23(15)18/h2-4,7,11H,5-6,8,10H2,1H3,(H,20,24)/t11-/m0/s1. The number of rotatable bonds is 4. The zero-order valence-corrected chi connectivity index (χ0v) is 15.9. The first-order valence-corrected chi connectivity index (χ1v) is 10.2. The normalized spacial score (nSPS) is 16.2. The van der Waals surface area contributed by atoms with Gasteiger partial charge in [0.05, 0.1) is 11.3 Å². The molecule has 0 radical (unpaired) electrons. The van der Waals surface area contributed by atoms with Gasteiger partial charge in [0.2, 0.25) is 5.91 Å². The molecule has 3 aromatic rings. The van der Waals surface area contributed by atoms with Gasteiger partial charge in [0, 0.05) is 11.1 Å². The molecule has 3 heterocycles. The summed E-state index contributed by atoms with van der Waals surface area (Å²) in [6.07, 6.45) is 4.89. The molecule has 8 heteroatoms. The second-order valence-electron chi connectivity index (χ2n) is 6.42. The summed E-state index contributed by atoms with van der Waals surface area (Å²) in [5, 5.41) is 22.0. The summed E-state index contributed by atoms with van der Waals surface area (Å²) in [5.74, 6) is 0.721. The maximum Gasteiger partial charge on any atom is 0.235 e. The second-order valence-corrected chi connectivity index (χ2v) is 8.46. The van der Waals surface area contributed by atoms with Crippen molar-refractivity contribution in [3.63, 3.8) is 0 Å². The largest absolute Gasteiger partial charge is 0.316 e. The Morgan fingerprint density at radius 3 is 3.23 bits per heavy atom. The first-order valence-electron chi connectivity index (χ1n) is 8.42. The maximum atomic E-state index is 12.4. The van der Waals surface area contributed by atoms with E-state index < -0.39 is 0 Å². The van der Waals surface area contributed by atoms with Crippen LogP contribution in [0.3, 0.4) is 0 Å². The Kier molecular flexibility index (Phi) is 4.66. The van der Waals surface area contributed by atoms with E-state index in [4.69, 9.17) is 0 Å². The minimum Gasteiger partial charge on any atom is -0.316 e. The number of carbonyl (C=O) groups is 1. The Bertz CT molecular complexity index is 1020. The predicted molar refractivity (Wildman–Crippen MR) is 103 cm³/mol. The van der Waals surface area contributed by atoms with Crippen molar-refractivity contribution in [3.05, 3.63) is 40.4 Å². The van der Waals surface area contributed by atoms with Crippen molar-refractivity contribution < 1.29 is 4.79 Å². The fourth-order valence-corrected chi connectivity index (χ4v) is 5.27. The van der Waals surface area contributed by atoms with Gasteiger partial charge in [-0.1, -0.05) is 24.8 Å². The number of amides is 1. The molecule has 0 aliphatic heterocycles. The smallest absolute Gasteiger partial charge is 0.235 e. The number of aromatic nitrogens is 3. The lowest BCUT2D eigenvalue weighted by Crippen LogP contribution is -2.14. The Morgan fingerprint density at radius 2 is 2.38 bits per heavy atom. The van der Waals surface area contributed by atoms with Crippen molar-refractivity contribution in [3.8, 4) is 6.07 Å². The highest BCUT2D eigenvalue weighted by Gasteiger charge is 2.24. The third-order valence-corrected chi connectivity index (χ3v) is 6.60. The van der Waals surface area contributed by atoms with E-state index >= 15 is 0 Å². The fourth-order valence-electron chi connectivity index (χ4n) is 3.17. The molecule has 1 N–H and O–H groups in total. The molecule has 1 amide bonds. The van der Waals surface area contributed by atoms with E-state index in [9.17, 15) is 10.1 Å². The third-order valence-electron chi connectivity index (χ3n) is 4.49. The highest BCUT2D eigenvalue weighted by Crippen LogP contribution is 2.39. The fraction of sp³-hybridized carbons (Fsp3) is 0.333. The van der Waals surface area contributed by atoms with Crippen LogP contribution in [-0.4, -0.2) is 26.3 Å². The zero-order valence-electron chi connectivity index (χ0n) is 14.2. The van der Waals surface area contributed by atoms with Gasteiger partial charge in [-0.25, -0.2) is 0 Å². The molecular formula is C18H17N5OS2. The van der Waals surface area contributed by atoms with Gasteiger partial charge in [0.25, 0.3) is 0 Å². The van der Waals surface area contributed by atoms with Crippen LogP contribution in [0, 0.1) is 17.2 Å². The lowest BCUT2D eigenvalue weighted by Gasteiger charge is -2.17. The topological polar surface area (TPSA) is 83.1 Å². The molecule has 0 spiro atoms. The average molecular weight is 384 g/mol. The molecule has 0 unspecified atom stereocenters. The number of anilines is 1. The Morgan fingerprint density at radius 1 is 1.50 bits per heavy atom. The molecule has 0 saturated carbocycles. The number of nitrogens with one attached hydrogen (secondary N) is 1. The summed E-state index contributed by atoms with van der Waals surface area (Å²) in [7, 11) is 0. The summed E-state index contributed by atoms with van der Waals surface area (Å²) < 4.78 is 1.85. The van der Waals surface area contributed by atoms with Crippen LogP contribution in [0.1, 0.15) is 29.3 Å². The number of fused-ring (bicyclic) bond motifs is 2. The number of hydrogen-bond donors (Lipinski definition) is 1. The molecule has 1 aliphatic carbocycles. The molecular weight excluding hydrogens is 366 g/mol. The highest BCUT2D eigenvalue weighted by molar-refractivity contribution is 7.99. The van der Waals surface area contributed by atoms with Gasteiger partial charge in [-0.15, -0.1) is 21.5 Å². The summed E-state index contributed by atoms with van der Waals surface area (Å²) >= 11 is 2.88. The van der Waals surface area contributed by atoms with Crippen LogP contribution in [0.15, 0.2) is 29.6 Å². The van der Waals surface area contributed by atoms with E-state index in [1.807, 2.05) is 28.8 Å². The Balaban J connectivity index is 1.46. The Hall–Kier alpha value is -2.37. The second kappa shape index (κ2) is 7.09. The molecule has 0 aromatic carbocycles. The lowest BCUT2D eigenvalue weighted by molar-refractivity contribution is -0.113. The minimum atomic E-state index is -0.133. The van der Waals surface area contributed by atoms with Gasteiger partial charge in [-0.2, -0.15) is 5.26 Å². The van der Waals surface area contributed by atoms with E-state index in [0.29, 0.717) is 21.6 Å². The van der Waals surface area contributed by atoms with Gasteiger partial charge in [-0.05, 0) is 42.9 Å². The van der Waals surface area contributed by atoms with E-state index in [2.05, 4.69) is 28.5 Å². The van der Waals surface area contributed by atoms with Gasteiger partial charge < -0.3 is 5.32 Å². The van der Waals surface area contributed by atoms with Crippen LogP contribution in [0.4, 0.5) is 5.00 Å². The molecule has 0 bridgehead atoms. The molecule has 1 atom stereocenters. The maximum absolute atomic E-state index is 12.4. The minimum absolute atomic E-state index is 0.133. The number of nitrogens with zero attached hydrogens (tertiary/aromatic N) is 4. The average Bonchev–Trinajstić information content (AvgIpc) is 3.20. The van der Waals surface area contributed by atoms with Crippen LogP contribution in [0.25, 0.3) is 5.65 Å². The van der Waals surface area contributed by atoms with E-state index in [-0.39, 0.29) is 11.7 Å². The van der Waals surface area contributed by atoms with Crippen molar-refractivity contribution >= 4 is 39.7 Å². The lowest BCUT2D eigenvalue weighted by atomic mass is 9.89. The van der Waals surface area contributed by atoms with Crippen LogP contribution < -0.4 is 5.32 Å². The zero-order chi connectivity index (χ0) is 18.1. The van der Waals surface area contributed by atoms with Gasteiger partial charge >= 0.3 is 0 Å². The number of carbonyl (C=O) groups excluding carboxylic acids is 1. The predicted octanol–water partition coefficient (Wildman–Crippen LogP) is 3.52. The van der Waals surface area contributed by atoms with Crippen LogP contribution in [0.5, 0.6) is 0 Å². The summed E-state index contributed by atoms with van der Waals surface area (Å²) in [6.45, 7) is 2.23. The quantitative estimate of drug-likeness (QED) is 0.697. The molecule has 132 valence electrons. The van der Waals surface area contributed by atoms with Crippen LogP contribution >= 0.6 is 23.1 Å². The number of thioether (sulfide) groups is 1. The van der Waals surface area contributed by atoms with Crippen LogP contribution in [-0.2, 0) is 17.6 Å². The van der Waals surface area contributed by atoms with E-state index in [0.717, 1.165) is 30.5 Å². The van der Waals surface area contributed by atoms with Gasteiger partial charge in [-0.3, -0.25) is 9.20 Å². The first-order chi connectivity index (χ1) is 12.7. The van der Waals surface area contributed by atoms with Crippen LogP contribution in [0.2, 0.25) is 0 Å². The summed E-state index contributed by atoms with van der Waals surface area (Å²) in [6, 6.07) is 7.95. The number of thiophene rings is 1. The monoisotopic (exact) mass is 383 g/mol. The molecule has 3 aromatic heterocycles. The number of nitriles is 1. The number of pyridine rings is 1. The molecule has 0 saturated heterocycles. The molecule has 6 nitrogen and oxygen atoms in total. The first kappa shape index (κ1) is 17.1. The summed E-state index contributed by atoms with van der Waals surface area (Å²) in [5.41, 5.74) is 2.52. The SMILES string of the molecule is C[C@H]1CCc2c(sc(NC(=O)CSc3nnc4ccccn34)c2C#N)C1. The van der Waals surface area contributed by atoms with Crippen molar-refractivity contribution in [2.45, 2.75) is 31.3 Å². The molecule has 4 rings (SSSR count). The Labute approximate surface area is 159 Å². The van der Waals surface area contributed by atoms with Crippen molar-refractivity contribution in [2.24, 2.45) is 5.92 Å². The number of hydrogen-bond acceptors (Lipinski definition) is 6. The molecule has 26 heavy (non-hydrogen) atoms. The summed E-state index contributed by atoms with van der Waals surface area (Å²) in [4.78, 5) is 13.6.